The Kier molecular flexibility index (Phi) is 4.06. The molecule has 0 spiro atoms. The standard InChI is InChI=1S/C14H19NO3S/c1-11-12(7-5-6-10-19(16,17)18)13-8-3-4-9-14(13)15(11)2/h3-4,8-9,12H,5-7,10H2,1-2H3/p+1. The highest BCUT2D eigenvalue weighted by molar-refractivity contribution is 7.85. The lowest BCUT2D eigenvalue weighted by Crippen LogP contribution is -2.11. The molecule has 1 aliphatic heterocycles. The molecule has 1 N–H and O–H groups in total. The van der Waals surface area contributed by atoms with Gasteiger partial charge in [-0.1, -0.05) is 24.6 Å². The highest BCUT2D eigenvalue weighted by Crippen LogP contribution is 2.36. The lowest BCUT2D eigenvalue weighted by atomic mass is 9.91. The maximum Gasteiger partial charge on any atom is 0.264 e. The van der Waals surface area contributed by atoms with Crippen LogP contribution in [0.5, 0.6) is 0 Å². The van der Waals surface area contributed by atoms with Crippen molar-refractivity contribution in [3.05, 3.63) is 29.8 Å². The summed E-state index contributed by atoms with van der Waals surface area (Å²) in [6, 6.07) is 8.31. The molecule has 0 aliphatic carbocycles. The Morgan fingerprint density at radius 2 is 1.95 bits per heavy atom. The van der Waals surface area contributed by atoms with Gasteiger partial charge in [0.05, 0.1) is 11.7 Å². The Bertz CT molecular complexity index is 605. The highest BCUT2D eigenvalue weighted by Gasteiger charge is 2.33. The van der Waals surface area contributed by atoms with Crippen molar-refractivity contribution in [1.82, 2.24) is 0 Å². The van der Waals surface area contributed by atoms with Crippen molar-refractivity contribution in [3.63, 3.8) is 0 Å². The minimum Gasteiger partial charge on any atom is -0.286 e. The quantitative estimate of drug-likeness (QED) is 0.513. The Hall–Kier alpha value is -1.20. The van der Waals surface area contributed by atoms with E-state index in [1.165, 1.54) is 17.0 Å². The molecule has 0 saturated carbocycles. The zero-order valence-corrected chi connectivity index (χ0v) is 12.2. The van der Waals surface area contributed by atoms with Crippen LogP contribution in [0.1, 0.15) is 37.7 Å². The van der Waals surface area contributed by atoms with E-state index in [0.717, 1.165) is 12.8 Å². The molecule has 0 amide bonds. The molecule has 4 nitrogen and oxygen atoms in total. The lowest BCUT2D eigenvalue weighted by molar-refractivity contribution is -0.402. The first-order valence-corrected chi connectivity index (χ1v) is 8.12. The summed E-state index contributed by atoms with van der Waals surface area (Å²) in [7, 11) is -1.76. The normalized spacial score (nSPS) is 18.8. The first-order valence-electron chi connectivity index (χ1n) is 6.51. The minimum atomic E-state index is -3.82. The van der Waals surface area contributed by atoms with E-state index in [0.29, 0.717) is 12.3 Å². The van der Waals surface area contributed by atoms with Crippen LogP contribution in [-0.2, 0) is 10.1 Å². The number of hydrogen-bond donors (Lipinski definition) is 1. The summed E-state index contributed by atoms with van der Waals surface area (Å²) in [6.45, 7) is 2.12. The van der Waals surface area contributed by atoms with Crippen LogP contribution in [0.15, 0.2) is 24.3 Å². The zero-order valence-electron chi connectivity index (χ0n) is 11.3. The average Bonchev–Trinajstić information content (AvgIpc) is 2.58. The van der Waals surface area contributed by atoms with Crippen LogP contribution < -0.4 is 0 Å². The Morgan fingerprint density at radius 1 is 1.26 bits per heavy atom. The van der Waals surface area contributed by atoms with Crippen LogP contribution in [0.4, 0.5) is 5.69 Å². The molecule has 0 saturated heterocycles. The third-order valence-electron chi connectivity index (χ3n) is 3.85. The molecule has 0 bridgehead atoms. The summed E-state index contributed by atoms with van der Waals surface area (Å²) in [6.07, 6.45) is 2.22. The molecule has 1 aromatic rings. The van der Waals surface area contributed by atoms with E-state index in [2.05, 4.69) is 30.7 Å². The molecule has 1 atom stereocenters. The van der Waals surface area contributed by atoms with Gasteiger partial charge in [0.25, 0.3) is 10.1 Å². The van der Waals surface area contributed by atoms with Crippen molar-refractivity contribution in [2.75, 3.05) is 12.8 Å². The van der Waals surface area contributed by atoms with Gasteiger partial charge in [0.1, 0.15) is 7.05 Å². The Labute approximate surface area is 114 Å². The van der Waals surface area contributed by atoms with Crippen molar-refractivity contribution in [2.24, 2.45) is 0 Å². The number of rotatable bonds is 5. The Morgan fingerprint density at radius 3 is 2.63 bits per heavy atom. The summed E-state index contributed by atoms with van der Waals surface area (Å²) < 4.78 is 32.3. The fraction of sp³-hybridized carbons (Fsp3) is 0.500. The second kappa shape index (κ2) is 5.43. The van der Waals surface area contributed by atoms with Gasteiger partial charge in [-0.05, 0) is 12.8 Å². The predicted octanol–water partition coefficient (Wildman–Crippen LogP) is 2.58. The van der Waals surface area contributed by atoms with E-state index in [1.54, 1.807) is 0 Å². The van der Waals surface area contributed by atoms with Gasteiger partial charge in [-0.3, -0.25) is 4.55 Å². The van der Waals surface area contributed by atoms with Crippen molar-refractivity contribution < 1.29 is 17.5 Å². The maximum absolute atomic E-state index is 10.7. The van der Waals surface area contributed by atoms with Crippen LogP contribution in [0.3, 0.4) is 0 Å². The molecule has 5 heteroatoms. The van der Waals surface area contributed by atoms with Gasteiger partial charge in [0.2, 0.25) is 5.69 Å². The molecule has 104 valence electrons. The SMILES string of the molecule is CC1=[N+](C)c2ccccc2C1CCCCS(=O)(=O)O. The van der Waals surface area contributed by atoms with Gasteiger partial charge in [0, 0.05) is 18.6 Å². The topological polar surface area (TPSA) is 57.4 Å². The number of para-hydroxylation sites is 1. The van der Waals surface area contributed by atoms with Gasteiger partial charge in [0.15, 0.2) is 5.71 Å². The van der Waals surface area contributed by atoms with Crippen LogP contribution in [0, 0.1) is 0 Å². The van der Waals surface area contributed by atoms with E-state index in [4.69, 9.17) is 4.55 Å². The lowest BCUT2D eigenvalue weighted by Gasteiger charge is -2.07. The first-order chi connectivity index (χ1) is 8.90. The number of fused-ring (bicyclic) bond motifs is 1. The highest BCUT2D eigenvalue weighted by atomic mass is 32.2. The first kappa shape index (κ1) is 14.2. The third kappa shape index (κ3) is 3.22. The molecule has 1 aliphatic rings. The van der Waals surface area contributed by atoms with Gasteiger partial charge in [-0.15, -0.1) is 0 Å². The fourth-order valence-corrected chi connectivity index (χ4v) is 3.30. The van der Waals surface area contributed by atoms with E-state index in [9.17, 15) is 8.42 Å². The third-order valence-corrected chi connectivity index (χ3v) is 4.66. The summed E-state index contributed by atoms with van der Waals surface area (Å²) in [5.74, 6) is 0.221. The molecule has 0 fully saturated rings. The Balaban J connectivity index is 2.02. The van der Waals surface area contributed by atoms with Gasteiger partial charge < -0.3 is 0 Å². The van der Waals surface area contributed by atoms with Crippen molar-refractivity contribution in [3.8, 4) is 0 Å². The molecule has 19 heavy (non-hydrogen) atoms. The van der Waals surface area contributed by atoms with Crippen molar-refractivity contribution in [1.29, 1.82) is 0 Å². The molecule has 1 unspecified atom stereocenters. The number of unbranched alkanes of at least 4 members (excludes halogenated alkanes) is 1. The largest absolute Gasteiger partial charge is 0.286 e. The molecule has 1 heterocycles. The van der Waals surface area contributed by atoms with Gasteiger partial charge in [-0.25, -0.2) is 4.58 Å². The predicted molar refractivity (Wildman–Crippen MR) is 76.0 cm³/mol. The summed E-state index contributed by atoms with van der Waals surface area (Å²) in [5, 5.41) is 0. The van der Waals surface area contributed by atoms with Crippen LogP contribution in [0.2, 0.25) is 0 Å². The molecular formula is C14H20NO3S+. The number of nitrogens with zero attached hydrogens (tertiary/aromatic N) is 1. The van der Waals surface area contributed by atoms with Crippen LogP contribution >= 0.6 is 0 Å². The summed E-state index contributed by atoms with van der Waals surface area (Å²) in [5.41, 5.74) is 3.85. The summed E-state index contributed by atoms with van der Waals surface area (Å²) in [4.78, 5) is 0. The van der Waals surface area contributed by atoms with E-state index >= 15 is 0 Å². The molecule has 0 radical (unpaired) electrons. The molecule has 0 aromatic heterocycles. The monoisotopic (exact) mass is 282 g/mol. The van der Waals surface area contributed by atoms with Gasteiger partial charge in [-0.2, -0.15) is 8.42 Å². The number of benzene rings is 1. The minimum absolute atomic E-state index is 0.143. The van der Waals surface area contributed by atoms with E-state index in [-0.39, 0.29) is 5.75 Å². The van der Waals surface area contributed by atoms with Crippen molar-refractivity contribution >= 4 is 21.5 Å². The second-order valence-electron chi connectivity index (χ2n) is 5.09. The maximum atomic E-state index is 10.7. The van der Waals surface area contributed by atoms with E-state index < -0.39 is 10.1 Å². The smallest absolute Gasteiger partial charge is 0.264 e. The molecular weight excluding hydrogens is 262 g/mol. The van der Waals surface area contributed by atoms with Crippen LogP contribution in [0.25, 0.3) is 0 Å². The van der Waals surface area contributed by atoms with Gasteiger partial charge >= 0.3 is 0 Å². The number of hydrogen-bond acceptors (Lipinski definition) is 2. The molecule has 2 rings (SSSR count). The molecule has 1 aromatic carbocycles. The zero-order chi connectivity index (χ0) is 14.0. The fourth-order valence-electron chi connectivity index (χ4n) is 2.73. The average molecular weight is 282 g/mol. The summed E-state index contributed by atoms with van der Waals surface area (Å²) >= 11 is 0. The van der Waals surface area contributed by atoms with Crippen molar-refractivity contribution in [2.45, 2.75) is 32.1 Å². The second-order valence-corrected chi connectivity index (χ2v) is 6.67. The van der Waals surface area contributed by atoms with E-state index in [1.807, 2.05) is 12.1 Å². The van der Waals surface area contributed by atoms with Crippen LogP contribution in [-0.4, -0.2) is 36.1 Å².